The Kier molecular flexibility index (Phi) is 5.85. The first kappa shape index (κ1) is 14.2. The van der Waals surface area contributed by atoms with Crippen molar-refractivity contribution in [2.45, 2.75) is 18.6 Å². The number of methoxy groups -OCH3 is 2. The van der Waals surface area contributed by atoms with Gasteiger partial charge in [0.05, 0.1) is 18.8 Å². The van der Waals surface area contributed by atoms with Crippen LogP contribution in [-0.4, -0.2) is 77.3 Å². The van der Waals surface area contributed by atoms with Crippen LogP contribution in [-0.2, 0) is 14.2 Å². The van der Waals surface area contributed by atoms with E-state index in [0.29, 0.717) is 5.92 Å². The Hall–Kier alpha value is -0.200. The number of nitrogens with one attached hydrogen (secondary N) is 1. The van der Waals surface area contributed by atoms with E-state index >= 15 is 0 Å². The van der Waals surface area contributed by atoms with Crippen molar-refractivity contribution in [2.24, 2.45) is 5.92 Å². The van der Waals surface area contributed by atoms with E-state index in [4.69, 9.17) is 14.2 Å². The van der Waals surface area contributed by atoms with Gasteiger partial charge in [0.2, 0.25) is 0 Å². The topological polar surface area (TPSA) is 43.0 Å². The molecule has 1 N–H and O–H groups in total. The molecule has 2 fully saturated rings. The standard InChI is InChI=1S/C13H26N2O3/c1-16-12-8-15(9-13(12)17-2)5-4-14-7-11-3-6-18-10-11/h11-14H,3-10H2,1-2H3. The van der Waals surface area contributed by atoms with Gasteiger partial charge in [-0.15, -0.1) is 0 Å². The molecule has 0 amide bonds. The Morgan fingerprint density at radius 2 is 1.94 bits per heavy atom. The lowest BCUT2D eigenvalue weighted by Gasteiger charge is -2.16. The number of likely N-dealkylation sites (tertiary alicyclic amines) is 1. The van der Waals surface area contributed by atoms with Gasteiger partial charge < -0.3 is 19.5 Å². The van der Waals surface area contributed by atoms with Crippen molar-refractivity contribution in [3.8, 4) is 0 Å². The largest absolute Gasteiger partial charge is 0.381 e. The zero-order valence-electron chi connectivity index (χ0n) is 11.6. The fourth-order valence-corrected chi connectivity index (χ4v) is 2.74. The van der Waals surface area contributed by atoms with Crippen molar-refractivity contribution >= 4 is 0 Å². The summed E-state index contributed by atoms with van der Waals surface area (Å²) in [6, 6.07) is 0. The summed E-state index contributed by atoms with van der Waals surface area (Å²) in [7, 11) is 3.52. The molecule has 0 radical (unpaired) electrons. The van der Waals surface area contributed by atoms with Gasteiger partial charge in [0.25, 0.3) is 0 Å². The smallest absolute Gasteiger partial charge is 0.0971 e. The monoisotopic (exact) mass is 258 g/mol. The zero-order valence-corrected chi connectivity index (χ0v) is 11.6. The summed E-state index contributed by atoms with van der Waals surface area (Å²) in [5.74, 6) is 0.710. The van der Waals surface area contributed by atoms with Gasteiger partial charge in [0, 0.05) is 53.6 Å². The van der Waals surface area contributed by atoms with Gasteiger partial charge in [-0.2, -0.15) is 0 Å². The van der Waals surface area contributed by atoms with Crippen LogP contribution < -0.4 is 5.32 Å². The maximum absolute atomic E-state index is 5.43. The second kappa shape index (κ2) is 7.40. The van der Waals surface area contributed by atoms with Gasteiger partial charge >= 0.3 is 0 Å². The first-order valence-electron chi connectivity index (χ1n) is 6.90. The van der Waals surface area contributed by atoms with Crippen molar-refractivity contribution in [1.29, 1.82) is 0 Å². The Morgan fingerprint density at radius 1 is 1.22 bits per heavy atom. The average Bonchev–Trinajstić information content (AvgIpc) is 3.03. The summed E-state index contributed by atoms with van der Waals surface area (Å²) in [5, 5.41) is 3.52. The molecule has 2 aliphatic rings. The van der Waals surface area contributed by atoms with Gasteiger partial charge in [0.15, 0.2) is 0 Å². The maximum atomic E-state index is 5.43. The van der Waals surface area contributed by atoms with Crippen LogP contribution in [0.2, 0.25) is 0 Å². The molecular formula is C13H26N2O3. The van der Waals surface area contributed by atoms with Crippen LogP contribution in [0.4, 0.5) is 0 Å². The quantitative estimate of drug-likeness (QED) is 0.649. The molecule has 2 rings (SSSR count). The van der Waals surface area contributed by atoms with E-state index in [0.717, 1.165) is 45.9 Å². The fraction of sp³-hybridized carbons (Fsp3) is 1.00. The van der Waals surface area contributed by atoms with Crippen LogP contribution in [0, 0.1) is 5.92 Å². The van der Waals surface area contributed by atoms with Crippen LogP contribution in [0.5, 0.6) is 0 Å². The zero-order chi connectivity index (χ0) is 12.8. The number of ether oxygens (including phenoxy) is 3. The fourth-order valence-electron chi connectivity index (χ4n) is 2.74. The van der Waals surface area contributed by atoms with Gasteiger partial charge in [-0.3, -0.25) is 4.90 Å². The second-order valence-electron chi connectivity index (χ2n) is 5.24. The third-order valence-electron chi connectivity index (χ3n) is 3.96. The predicted molar refractivity (Wildman–Crippen MR) is 69.8 cm³/mol. The lowest BCUT2D eigenvalue weighted by atomic mass is 10.1. The number of rotatable bonds is 7. The molecule has 5 nitrogen and oxygen atoms in total. The first-order chi connectivity index (χ1) is 8.83. The van der Waals surface area contributed by atoms with Crippen molar-refractivity contribution < 1.29 is 14.2 Å². The van der Waals surface area contributed by atoms with E-state index in [-0.39, 0.29) is 12.2 Å². The maximum Gasteiger partial charge on any atom is 0.0971 e. The van der Waals surface area contributed by atoms with E-state index < -0.39 is 0 Å². The third kappa shape index (κ3) is 3.90. The van der Waals surface area contributed by atoms with Crippen LogP contribution in [0.25, 0.3) is 0 Å². The molecule has 3 unspecified atom stereocenters. The lowest BCUT2D eigenvalue weighted by molar-refractivity contribution is -0.00461. The summed E-state index contributed by atoms with van der Waals surface area (Å²) in [6.45, 7) is 6.98. The molecule has 5 heteroatoms. The molecule has 2 saturated heterocycles. The molecule has 0 saturated carbocycles. The molecule has 18 heavy (non-hydrogen) atoms. The summed E-state index contributed by atoms with van der Waals surface area (Å²) in [4.78, 5) is 2.40. The highest BCUT2D eigenvalue weighted by Gasteiger charge is 2.32. The number of nitrogens with zero attached hydrogens (tertiary/aromatic N) is 1. The molecule has 0 aromatic heterocycles. The normalized spacial score (nSPS) is 33.3. The lowest BCUT2D eigenvalue weighted by Crippen LogP contribution is -2.33. The minimum atomic E-state index is 0.221. The molecule has 0 aromatic carbocycles. The van der Waals surface area contributed by atoms with Crippen LogP contribution in [0.3, 0.4) is 0 Å². The molecule has 2 heterocycles. The van der Waals surface area contributed by atoms with Crippen molar-refractivity contribution in [2.75, 3.05) is 60.2 Å². The average molecular weight is 258 g/mol. The van der Waals surface area contributed by atoms with Crippen LogP contribution in [0.1, 0.15) is 6.42 Å². The molecule has 2 aliphatic heterocycles. The van der Waals surface area contributed by atoms with Gasteiger partial charge in [0.1, 0.15) is 0 Å². The number of hydrogen-bond donors (Lipinski definition) is 1. The Morgan fingerprint density at radius 3 is 2.50 bits per heavy atom. The van der Waals surface area contributed by atoms with E-state index in [1.54, 1.807) is 14.2 Å². The third-order valence-corrected chi connectivity index (χ3v) is 3.96. The highest BCUT2D eigenvalue weighted by molar-refractivity contribution is 4.85. The molecule has 0 aromatic rings. The summed E-state index contributed by atoms with van der Waals surface area (Å²) >= 11 is 0. The molecular weight excluding hydrogens is 232 g/mol. The summed E-state index contributed by atoms with van der Waals surface area (Å²) < 4.78 is 16.2. The Bertz CT molecular complexity index is 222. The summed E-state index contributed by atoms with van der Waals surface area (Å²) in [5.41, 5.74) is 0. The van der Waals surface area contributed by atoms with Crippen molar-refractivity contribution in [1.82, 2.24) is 10.2 Å². The minimum absolute atomic E-state index is 0.221. The van der Waals surface area contributed by atoms with Crippen LogP contribution in [0.15, 0.2) is 0 Å². The highest BCUT2D eigenvalue weighted by atomic mass is 16.5. The van der Waals surface area contributed by atoms with Gasteiger partial charge in [-0.25, -0.2) is 0 Å². The van der Waals surface area contributed by atoms with E-state index in [2.05, 4.69) is 10.2 Å². The Balaban J connectivity index is 1.56. The predicted octanol–water partition coefficient (Wildman–Crippen LogP) is -0.0419. The van der Waals surface area contributed by atoms with Gasteiger partial charge in [-0.1, -0.05) is 0 Å². The Labute approximate surface area is 110 Å². The van der Waals surface area contributed by atoms with Gasteiger partial charge in [-0.05, 0) is 12.3 Å². The molecule has 0 aliphatic carbocycles. The minimum Gasteiger partial charge on any atom is -0.381 e. The first-order valence-corrected chi connectivity index (χ1v) is 6.90. The molecule has 3 atom stereocenters. The van der Waals surface area contributed by atoms with E-state index in [9.17, 15) is 0 Å². The highest BCUT2D eigenvalue weighted by Crippen LogP contribution is 2.15. The van der Waals surface area contributed by atoms with Crippen molar-refractivity contribution in [3.05, 3.63) is 0 Å². The molecule has 106 valence electrons. The second-order valence-corrected chi connectivity index (χ2v) is 5.24. The molecule has 0 bridgehead atoms. The molecule has 0 spiro atoms. The number of hydrogen-bond acceptors (Lipinski definition) is 5. The van der Waals surface area contributed by atoms with Crippen molar-refractivity contribution in [3.63, 3.8) is 0 Å². The SMILES string of the molecule is COC1CN(CCNCC2CCOC2)CC1OC. The summed E-state index contributed by atoms with van der Waals surface area (Å²) in [6.07, 6.45) is 1.64. The van der Waals surface area contributed by atoms with E-state index in [1.165, 1.54) is 6.42 Å². The van der Waals surface area contributed by atoms with E-state index in [1.807, 2.05) is 0 Å². The van der Waals surface area contributed by atoms with Crippen LogP contribution >= 0.6 is 0 Å².